The molecule has 0 amide bonds. The Morgan fingerprint density at radius 1 is 1.17 bits per heavy atom. The number of ether oxygens (including phenoxy) is 2. The monoisotopic (exact) mass is 591 g/mol. The van der Waals surface area contributed by atoms with Gasteiger partial charge in [-0.2, -0.15) is 13.2 Å². The minimum Gasteiger partial charge on any atom is -0.487 e. The Bertz CT molecular complexity index is 1470. The van der Waals surface area contributed by atoms with Gasteiger partial charge in [-0.25, -0.2) is 14.6 Å². The van der Waals surface area contributed by atoms with Gasteiger partial charge in [0.25, 0.3) is 5.88 Å². The largest absolute Gasteiger partial charge is 0.487 e. The van der Waals surface area contributed by atoms with Crippen molar-refractivity contribution in [1.82, 2.24) is 40.0 Å². The molecule has 1 atom stereocenters. The molecular formula is C25H25ClF3N9O3. The molecule has 0 aliphatic heterocycles. The van der Waals surface area contributed by atoms with Crippen LogP contribution in [0.4, 0.5) is 24.8 Å². The number of aromatic nitrogens is 8. The number of Topliss-reactive ketones (excluding diaryl/α,β-unsaturated/α-hetero) is 1. The molecule has 1 aliphatic carbocycles. The number of alkyl halides is 3. The predicted molar refractivity (Wildman–Crippen MR) is 140 cm³/mol. The number of nitrogens with one attached hydrogen (secondary N) is 1. The van der Waals surface area contributed by atoms with E-state index in [9.17, 15) is 18.0 Å². The van der Waals surface area contributed by atoms with Crippen LogP contribution >= 0.6 is 11.6 Å². The lowest BCUT2D eigenvalue weighted by atomic mass is 9.95. The summed E-state index contributed by atoms with van der Waals surface area (Å²) in [6.45, 7) is 0.773. The lowest BCUT2D eigenvalue weighted by Gasteiger charge is -2.20. The van der Waals surface area contributed by atoms with E-state index in [0.717, 1.165) is 5.56 Å². The van der Waals surface area contributed by atoms with E-state index in [4.69, 9.17) is 21.1 Å². The number of ketones is 1. The van der Waals surface area contributed by atoms with Gasteiger partial charge in [-0.15, -0.1) is 10.2 Å². The van der Waals surface area contributed by atoms with Crippen molar-refractivity contribution in [1.29, 1.82) is 0 Å². The molecule has 1 saturated carbocycles. The van der Waals surface area contributed by atoms with Crippen molar-refractivity contribution in [2.45, 2.75) is 57.5 Å². The van der Waals surface area contributed by atoms with Gasteiger partial charge >= 0.3 is 6.18 Å². The molecule has 1 unspecified atom stereocenters. The summed E-state index contributed by atoms with van der Waals surface area (Å²) in [6.07, 6.45) is 3.21. The third kappa shape index (κ3) is 7.48. The van der Waals surface area contributed by atoms with E-state index >= 15 is 0 Å². The van der Waals surface area contributed by atoms with Crippen molar-refractivity contribution in [3.05, 3.63) is 48.1 Å². The summed E-state index contributed by atoms with van der Waals surface area (Å²) in [5, 5.41) is 18.5. The normalized spacial score (nSPS) is 15.1. The van der Waals surface area contributed by atoms with Gasteiger partial charge in [0.05, 0.1) is 23.8 Å². The Balaban J connectivity index is 1.30. The number of anilines is 2. The fourth-order valence-electron chi connectivity index (χ4n) is 4.31. The second-order valence-electron chi connectivity index (χ2n) is 9.53. The van der Waals surface area contributed by atoms with E-state index in [2.05, 4.69) is 35.9 Å². The molecule has 4 aromatic rings. The van der Waals surface area contributed by atoms with Gasteiger partial charge in [-0.1, -0.05) is 17.7 Å². The second-order valence-corrected chi connectivity index (χ2v) is 9.93. The van der Waals surface area contributed by atoms with Crippen LogP contribution in [-0.2, 0) is 11.3 Å². The molecule has 3 aromatic heterocycles. The summed E-state index contributed by atoms with van der Waals surface area (Å²) in [5.74, 6) is 0.508. The number of nitrogens with zero attached hydrogens (tertiary/aromatic N) is 8. The molecule has 1 N–H and O–H groups in total. The lowest BCUT2D eigenvalue weighted by molar-refractivity contribution is -0.154. The first-order valence-corrected chi connectivity index (χ1v) is 13.1. The van der Waals surface area contributed by atoms with Crippen LogP contribution < -0.4 is 14.8 Å². The van der Waals surface area contributed by atoms with Gasteiger partial charge in [0.15, 0.2) is 6.61 Å². The van der Waals surface area contributed by atoms with Crippen molar-refractivity contribution in [2.75, 3.05) is 11.9 Å². The number of tetrazole rings is 1. The van der Waals surface area contributed by atoms with Crippen LogP contribution in [0.15, 0.2) is 43.1 Å². The highest BCUT2D eigenvalue weighted by Gasteiger charge is 2.30. The summed E-state index contributed by atoms with van der Waals surface area (Å²) in [4.78, 5) is 20.2. The average molecular weight is 592 g/mol. The minimum absolute atomic E-state index is 0.128. The standard InChI is InChI=1S/C25H25ClF3N9O3/c1-15(11-37-14-32-35-36-37)41-22-8-16(2-7-20(22)26)17-9-30-24(31-10-17)33-21-12-38(18-3-5-19(39)6-4-18)34-23(21)40-13-25(27,28)29/h2,7-10,12,14-15,18H,3-6,11,13H2,1H3,(H,30,31,33). The van der Waals surface area contributed by atoms with E-state index in [1.54, 1.807) is 41.5 Å². The molecular weight excluding hydrogens is 567 g/mol. The highest BCUT2D eigenvalue weighted by Crippen LogP contribution is 2.34. The number of hydrogen-bond acceptors (Lipinski definition) is 10. The van der Waals surface area contributed by atoms with E-state index in [-0.39, 0.29) is 35.4 Å². The van der Waals surface area contributed by atoms with Crippen molar-refractivity contribution in [3.8, 4) is 22.8 Å². The fraction of sp³-hybridized carbons (Fsp3) is 0.400. The van der Waals surface area contributed by atoms with E-state index < -0.39 is 12.8 Å². The Kier molecular flexibility index (Phi) is 8.33. The summed E-state index contributed by atoms with van der Waals surface area (Å²) >= 11 is 6.34. The van der Waals surface area contributed by atoms with E-state index in [0.29, 0.717) is 48.6 Å². The third-order valence-corrected chi connectivity index (χ3v) is 6.60. The number of carbonyl (C=O) groups excluding carboxylic acids is 1. The first-order valence-electron chi connectivity index (χ1n) is 12.7. The summed E-state index contributed by atoms with van der Waals surface area (Å²) in [5.41, 5.74) is 1.57. The molecule has 12 nitrogen and oxygen atoms in total. The molecule has 0 saturated heterocycles. The van der Waals surface area contributed by atoms with E-state index in [1.807, 2.05) is 6.92 Å². The molecule has 1 aliphatic rings. The van der Waals surface area contributed by atoms with Gasteiger partial charge in [0, 0.05) is 30.8 Å². The molecule has 5 rings (SSSR count). The van der Waals surface area contributed by atoms with Crippen LogP contribution in [0.5, 0.6) is 11.6 Å². The molecule has 0 bridgehead atoms. The van der Waals surface area contributed by atoms with Crippen LogP contribution in [-0.4, -0.2) is 64.6 Å². The quantitative estimate of drug-likeness (QED) is 0.273. The van der Waals surface area contributed by atoms with Gasteiger partial charge in [0.2, 0.25) is 5.95 Å². The van der Waals surface area contributed by atoms with Crippen LogP contribution in [0.25, 0.3) is 11.1 Å². The number of carbonyl (C=O) groups is 1. The maximum Gasteiger partial charge on any atom is 0.422 e. The topological polar surface area (TPSA) is 135 Å². The number of rotatable bonds is 10. The molecule has 16 heteroatoms. The number of benzene rings is 1. The minimum atomic E-state index is -4.54. The number of hydrogen-bond donors (Lipinski definition) is 1. The third-order valence-electron chi connectivity index (χ3n) is 6.28. The van der Waals surface area contributed by atoms with Gasteiger partial charge in [0.1, 0.15) is 29.7 Å². The lowest BCUT2D eigenvalue weighted by Crippen LogP contribution is -2.20. The summed E-state index contributed by atoms with van der Waals surface area (Å²) < 4.78 is 52.6. The van der Waals surface area contributed by atoms with Crippen molar-refractivity contribution in [2.24, 2.45) is 0 Å². The molecule has 41 heavy (non-hydrogen) atoms. The van der Waals surface area contributed by atoms with E-state index in [1.165, 1.54) is 11.0 Å². The fourth-order valence-corrected chi connectivity index (χ4v) is 4.47. The Labute approximate surface area is 236 Å². The van der Waals surface area contributed by atoms with Crippen LogP contribution in [0.1, 0.15) is 38.6 Å². The van der Waals surface area contributed by atoms with Crippen LogP contribution in [0.3, 0.4) is 0 Å². The molecule has 216 valence electrons. The van der Waals surface area contributed by atoms with Gasteiger partial charge in [-0.05, 0) is 47.9 Å². The predicted octanol–water partition coefficient (Wildman–Crippen LogP) is 4.82. The zero-order valence-electron chi connectivity index (χ0n) is 21.8. The van der Waals surface area contributed by atoms with Crippen LogP contribution in [0, 0.1) is 0 Å². The zero-order valence-corrected chi connectivity index (χ0v) is 22.5. The smallest absolute Gasteiger partial charge is 0.422 e. The molecule has 0 spiro atoms. The second kappa shape index (κ2) is 12.1. The zero-order chi connectivity index (χ0) is 29.0. The summed E-state index contributed by atoms with van der Waals surface area (Å²) in [6, 6.07) is 5.11. The molecule has 0 radical (unpaired) electrons. The Hall–Kier alpha value is -4.27. The SMILES string of the molecule is CC(Cn1cnnn1)Oc1cc(-c2cnc(Nc3cn(C4CCC(=O)CC4)nc3OCC(F)(F)F)nc2)ccc1Cl. The average Bonchev–Trinajstić information content (AvgIpc) is 3.59. The van der Waals surface area contributed by atoms with Gasteiger partial charge < -0.3 is 14.8 Å². The molecule has 1 aromatic carbocycles. The maximum atomic E-state index is 12.8. The van der Waals surface area contributed by atoms with Crippen molar-refractivity contribution >= 4 is 29.0 Å². The van der Waals surface area contributed by atoms with Crippen LogP contribution in [0.2, 0.25) is 5.02 Å². The first kappa shape index (κ1) is 28.3. The summed E-state index contributed by atoms with van der Waals surface area (Å²) in [7, 11) is 0. The molecule has 3 heterocycles. The highest BCUT2D eigenvalue weighted by atomic mass is 35.5. The molecule has 1 fully saturated rings. The highest BCUT2D eigenvalue weighted by molar-refractivity contribution is 6.32. The van der Waals surface area contributed by atoms with Crippen molar-refractivity contribution < 1.29 is 27.4 Å². The Morgan fingerprint density at radius 2 is 1.93 bits per heavy atom. The van der Waals surface area contributed by atoms with Crippen molar-refractivity contribution in [3.63, 3.8) is 0 Å². The maximum absolute atomic E-state index is 12.8. The Morgan fingerprint density at radius 3 is 2.61 bits per heavy atom. The first-order chi connectivity index (χ1) is 19.6. The number of halogens is 4. The van der Waals surface area contributed by atoms with Gasteiger partial charge in [-0.3, -0.25) is 9.48 Å².